The summed E-state index contributed by atoms with van der Waals surface area (Å²) >= 11 is 0. The highest BCUT2D eigenvalue weighted by Gasteiger charge is 2.31. The van der Waals surface area contributed by atoms with Gasteiger partial charge in [-0.05, 0) is 12.8 Å². The van der Waals surface area contributed by atoms with Crippen LogP contribution in [0.5, 0.6) is 0 Å². The number of carboxylic acids is 1. The fraction of sp³-hybridized carbons (Fsp3) is 0.778. The Kier molecular flexibility index (Phi) is 2.77. The zero-order valence-corrected chi connectivity index (χ0v) is 8.31. The van der Waals surface area contributed by atoms with Crippen LogP contribution in [0.15, 0.2) is 0 Å². The quantitative estimate of drug-likeness (QED) is 0.658. The van der Waals surface area contributed by atoms with E-state index in [1.165, 1.54) is 4.90 Å². The number of urea groups is 1. The average molecular weight is 214 g/mol. The highest BCUT2D eigenvalue weighted by Crippen LogP contribution is 2.19. The fourth-order valence-electron chi connectivity index (χ4n) is 1.48. The van der Waals surface area contributed by atoms with Gasteiger partial charge in [0.05, 0.1) is 13.2 Å². The second-order valence-corrected chi connectivity index (χ2v) is 3.87. The molecular weight excluding hydrogens is 200 g/mol. The van der Waals surface area contributed by atoms with Crippen LogP contribution in [0.1, 0.15) is 12.8 Å². The molecule has 0 spiro atoms. The number of nitrogens with one attached hydrogen (secondary N) is 1. The number of carbonyl (C=O) groups is 2. The molecule has 2 N–H and O–H groups in total. The molecular formula is C9H14N2O4. The van der Waals surface area contributed by atoms with Gasteiger partial charge in [-0.2, -0.15) is 0 Å². The summed E-state index contributed by atoms with van der Waals surface area (Å²) in [6.45, 7) is 0.880. The summed E-state index contributed by atoms with van der Waals surface area (Å²) in [5.41, 5.74) is 0. The Morgan fingerprint density at radius 2 is 2.13 bits per heavy atom. The lowest BCUT2D eigenvalue weighted by atomic mass is 10.3. The van der Waals surface area contributed by atoms with E-state index in [2.05, 4.69) is 5.32 Å². The Morgan fingerprint density at radius 1 is 1.40 bits per heavy atom. The van der Waals surface area contributed by atoms with Crippen LogP contribution in [-0.4, -0.2) is 53.8 Å². The van der Waals surface area contributed by atoms with Gasteiger partial charge in [0, 0.05) is 12.6 Å². The van der Waals surface area contributed by atoms with Crippen molar-refractivity contribution in [1.82, 2.24) is 10.2 Å². The molecule has 1 saturated heterocycles. The highest BCUT2D eigenvalue weighted by molar-refractivity contribution is 5.77. The number of ether oxygens (including phenoxy) is 1. The predicted octanol–water partition coefficient (Wildman–Crippen LogP) is -0.356. The van der Waals surface area contributed by atoms with Crippen LogP contribution in [0.25, 0.3) is 0 Å². The van der Waals surface area contributed by atoms with E-state index >= 15 is 0 Å². The summed E-state index contributed by atoms with van der Waals surface area (Å²) in [5.74, 6) is -1.01. The average Bonchev–Trinajstić information content (AvgIpc) is 3.02. The largest absolute Gasteiger partial charge is 0.479 e. The molecule has 0 aromatic heterocycles. The van der Waals surface area contributed by atoms with Crippen molar-refractivity contribution in [2.75, 3.05) is 19.7 Å². The zero-order chi connectivity index (χ0) is 10.8. The molecule has 0 bridgehead atoms. The van der Waals surface area contributed by atoms with Crippen molar-refractivity contribution in [1.29, 1.82) is 0 Å². The summed E-state index contributed by atoms with van der Waals surface area (Å²) in [7, 11) is 0. The standard InChI is InChI=1S/C9H14N2O4/c12-8(13)7-5-11(3-4-15-7)9(14)10-6-1-2-6/h6-7H,1-5H2,(H,10,14)(H,12,13). The van der Waals surface area contributed by atoms with Gasteiger partial charge in [0.2, 0.25) is 0 Å². The molecule has 0 aromatic carbocycles. The van der Waals surface area contributed by atoms with Gasteiger partial charge in [-0.1, -0.05) is 0 Å². The maximum atomic E-state index is 11.6. The molecule has 1 atom stereocenters. The van der Waals surface area contributed by atoms with E-state index in [0.717, 1.165) is 12.8 Å². The van der Waals surface area contributed by atoms with Crippen molar-refractivity contribution < 1.29 is 19.4 Å². The predicted molar refractivity (Wildman–Crippen MR) is 50.5 cm³/mol. The maximum absolute atomic E-state index is 11.6. The molecule has 2 aliphatic rings. The monoisotopic (exact) mass is 214 g/mol. The van der Waals surface area contributed by atoms with Crippen molar-refractivity contribution >= 4 is 12.0 Å². The number of rotatable bonds is 2. The van der Waals surface area contributed by atoms with Gasteiger partial charge < -0.3 is 20.1 Å². The fourth-order valence-corrected chi connectivity index (χ4v) is 1.48. The lowest BCUT2D eigenvalue weighted by molar-refractivity contribution is -0.154. The smallest absolute Gasteiger partial charge is 0.334 e. The van der Waals surface area contributed by atoms with E-state index in [9.17, 15) is 9.59 Å². The molecule has 6 nitrogen and oxygen atoms in total. The van der Waals surface area contributed by atoms with Gasteiger partial charge in [0.25, 0.3) is 0 Å². The van der Waals surface area contributed by atoms with E-state index in [-0.39, 0.29) is 19.2 Å². The third-order valence-corrected chi connectivity index (χ3v) is 2.53. The second kappa shape index (κ2) is 4.06. The van der Waals surface area contributed by atoms with Crippen LogP contribution in [0.3, 0.4) is 0 Å². The Morgan fingerprint density at radius 3 is 2.73 bits per heavy atom. The summed E-state index contributed by atoms with van der Waals surface area (Å²) < 4.78 is 5.02. The summed E-state index contributed by atoms with van der Waals surface area (Å²) in [6.07, 6.45) is 1.17. The van der Waals surface area contributed by atoms with Crippen molar-refractivity contribution in [3.05, 3.63) is 0 Å². The molecule has 6 heteroatoms. The molecule has 1 aliphatic carbocycles. The molecule has 15 heavy (non-hydrogen) atoms. The van der Waals surface area contributed by atoms with Gasteiger partial charge >= 0.3 is 12.0 Å². The van der Waals surface area contributed by atoms with Crippen LogP contribution >= 0.6 is 0 Å². The van der Waals surface area contributed by atoms with Gasteiger partial charge in [0.1, 0.15) is 0 Å². The maximum Gasteiger partial charge on any atom is 0.334 e. The molecule has 1 saturated carbocycles. The van der Waals surface area contributed by atoms with Crippen LogP contribution in [0, 0.1) is 0 Å². The third-order valence-electron chi connectivity index (χ3n) is 2.53. The number of aliphatic carboxylic acids is 1. The first-order valence-corrected chi connectivity index (χ1v) is 5.06. The number of nitrogens with zero attached hydrogens (tertiary/aromatic N) is 1. The van der Waals surface area contributed by atoms with E-state index in [4.69, 9.17) is 9.84 Å². The molecule has 2 amide bonds. The van der Waals surface area contributed by atoms with Gasteiger partial charge in [-0.3, -0.25) is 0 Å². The Bertz CT molecular complexity index is 277. The van der Waals surface area contributed by atoms with Crippen LogP contribution in [0.2, 0.25) is 0 Å². The number of morpholine rings is 1. The Labute approximate surface area is 87.2 Å². The van der Waals surface area contributed by atoms with Crippen molar-refractivity contribution in [3.63, 3.8) is 0 Å². The van der Waals surface area contributed by atoms with Crippen LogP contribution < -0.4 is 5.32 Å². The third kappa shape index (κ3) is 2.59. The minimum Gasteiger partial charge on any atom is -0.479 e. The van der Waals surface area contributed by atoms with Crippen LogP contribution in [0.4, 0.5) is 4.79 Å². The molecule has 84 valence electrons. The molecule has 0 radical (unpaired) electrons. The lowest BCUT2D eigenvalue weighted by Crippen LogP contribution is -2.52. The number of carbonyl (C=O) groups excluding carboxylic acids is 1. The van der Waals surface area contributed by atoms with Crippen LogP contribution in [-0.2, 0) is 9.53 Å². The van der Waals surface area contributed by atoms with E-state index < -0.39 is 12.1 Å². The first-order valence-electron chi connectivity index (χ1n) is 5.06. The topological polar surface area (TPSA) is 78.9 Å². The Balaban J connectivity index is 1.85. The summed E-state index contributed by atoms with van der Waals surface area (Å²) in [6, 6.07) is 0.121. The van der Waals surface area contributed by atoms with Gasteiger partial charge in [-0.25, -0.2) is 9.59 Å². The normalized spacial score (nSPS) is 26.1. The van der Waals surface area contributed by atoms with Gasteiger partial charge in [0.15, 0.2) is 6.10 Å². The lowest BCUT2D eigenvalue weighted by Gasteiger charge is -2.30. The first-order chi connectivity index (χ1) is 7.16. The van der Waals surface area contributed by atoms with E-state index in [1.54, 1.807) is 0 Å². The van der Waals surface area contributed by atoms with Crippen molar-refractivity contribution in [2.24, 2.45) is 0 Å². The summed E-state index contributed by atoms with van der Waals surface area (Å²) in [5, 5.41) is 11.6. The zero-order valence-electron chi connectivity index (χ0n) is 8.31. The van der Waals surface area contributed by atoms with E-state index in [0.29, 0.717) is 12.6 Å². The number of carboxylic acid groups (broad SMARTS) is 1. The van der Waals surface area contributed by atoms with E-state index in [1.807, 2.05) is 0 Å². The molecule has 2 rings (SSSR count). The van der Waals surface area contributed by atoms with Crippen molar-refractivity contribution in [2.45, 2.75) is 25.0 Å². The highest BCUT2D eigenvalue weighted by atomic mass is 16.5. The first kappa shape index (κ1) is 10.2. The minimum absolute atomic E-state index is 0.133. The number of hydrogen-bond acceptors (Lipinski definition) is 3. The molecule has 1 unspecified atom stereocenters. The number of amides is 2. The van der Waals surface area contributed by atoms with Gasteiger partial charge in [-0.15, -0.1) is 0 Å². The Hall–Kier alpha value is -1.30. The van der Waals surface area contributed by atoms with Crippen molar-refractivity contribution in [3.8, 4) is 0 Å². The molecule has 0 aromatic rings. The molecule has 1 aliphatic heterocycles. The molecule has 2 fully saturated rings. The second-order valence-electron chi connectivity index (χ2n) is 3.87. The summed E-state index contributed by atoms with van der Waals surface area (Å²) in [4.78, 5) is 23.8. The SMILES string of the molecule is O=C(O)C1CN(C(=O)NC2CC2)CCO1. The molecule has 1 heterocycles. The number of hydrogen-bond donors (Lipinski definition) is 2. The minimum atomic E-state index is -1.01.